The van der Waals surface area contributed by atoms with Crippen molar-refractivity contribution < 1.29 is 14.3 Å². The minimum absolute atomic E-state index is 0.184. The molecule has 0 spiro atoms. The van der Waals surface area contributed by atoms with Gasteiger partial charge in [-0.2, -0.15) is 0 Å². The summed E-state index contributed by atoms with van der Waals surface area (Å²) in [7, 11) is 1.41. The highest BCUT2D eigenvalue weighted by Gasteiger charge is 2.24. The van der Waals surface area contributed by atoms with E-state index in [2.05, 4.69) is 59.6 Å². The van der Waals surface area contributed by atoms with Gasteiger partial charge in [0.15, 0.2) is 0 Å². The molecule has 0 radical (unpaired) electrons. The monoisotopic (exact) mass is 404 g/mol. The summed E-state index contributed by atoms with van der Waals surface area (Å²) >= 11 is 0. The molecular weight excluding hydrogens is 376 g/mol. The van der Waals surface area contributed by atoms with Crippen molar-refractivity contribution in [3.63, 3.8) is 0 Å². The van der Waals surface area contributed by atoms with Crippen LogP contribution in [0.15, 0.2) is 66.7 Å². The van der Waals surface area contributed by atoms with E-state index in [-0.39, 0.29) is 18.1 Å². The van der Waals surface area contributed by atoms with Crippen LogP contribution in [0, 0.1) is 0 Å². The fourth-order valence-electron chi connectivity index (χ4n) is 4.14. The Morgan fingerprint density at radius 3 is 2.83 bits per heavy atom. The van der Waals surface area contributed by atoms with E-state index < -0.39 is 0 Å². The molecule has 1 fully saturated rings. The second-order valence-electron chi connectivity index (χ2n) is 7.66. The molecule has 1 N–H and O–H groups in total. The fourth-order valence-corrected chi connectivity index (χ4v) is 4.14. The zero-order valence-electron chi connectivity index (χ0n) is 17.5. The number of anilines is 1. The van der Waals surface area contributed by atoms with Gasteiger partial charge in [0, 0.05) is 24.8 Å². The van der Waals surface area contributed by atoms with Crippen molar-refractivity contribution in [2.75, 3.05) is 38.3 Å². The van der Waals surface area contributed by atoms with E-state index in [1.54, 1.807) is 6.07 Å². The maximum Gasteiger partial charge on any atom is 0.337 e. The third-order valence-electron chi connectivity index (χ3n) is 5.78. The van der Waals surface area contributed by atoms with Gasteiger partial charge in [-0.3, -0.25) is 0 Å². The Bertz CT molecular complexity index is 1010. The number of hydrogen-bond donors (Lipinski definition) is 1. The average molecular weight is 405 g/mol. The van der Waals surface area contributed by atoms with Gasteiger partial charge in [0.1, 0.15) is 0 Å². The number of benzene rings is 3. The van der Waals surface area contributed by atoms with Gasteiger partial charge in [0.2, 0.25) is 0 Å². The molecule has 30 heavy (non-hydrogen) atoms. The molecule has 3 aromatic carbocycles. The first-order valence-corrected chi connectivity index (χ1v) is 10.4. The Hall–Kier alpha value is -2.89. The van der Waals surface area contributed by atoms with Gasteiger partial charge < -0.3 is 19.7 Å². The highest BCUT2D eigenvalue weighted by molar-refractivity contribution is 5.90. The smallest absolute Gasteiger partial charge is 0.337 e. The second-order valence-corrected chi connectivity index (χ2v) is 7.66. The van der Waals surface area contributed by atoms with Crippen LogP contribution in [0.2, 0.25) is 0 Å². The predicted molar refractivity (Wildman–Crippen MR) is 120 cm³/mol. The van der Waals surface area contributed by atoms with Crippen molar-refractivity contribution in [2.24, 2.45) is 0 Å². The number of morpholine rings is 1. The number of rotatable bonds is 6. The van der Waals surface area contributed by atoms with Crippen LogP contribution in [0.3, 0.4) is 0 Å². The molecule has 0 saturated carbocycles. The minimum Gasteiger partial charge on any atom is -0.465 e. The van der Waals surface area contributed by atoms with Gasteiger partial charge in [-0.25, -0.2) is 4.79 Å². The molecule has 1 aliphatic heterocycles. The SMILES string of the molecule is COC(=O)c1cccc(N2CCOCC2CN[C@H](C)c2cccc3ccccc23)c1. The van der Waals surface area contributed by atoms with Crippen LogP contribution < -0.4 is 10.2 Å². The zero-order chi connectivity index (χ0) is 20.9. The first-order chi connectivity index (χ1) is 14.7. The van der Waals surface area contributed by atoms with Crippen LogP contribution in [-0.4, -0.2) is 45.4 Å². The van der Waals surface area contributed by atoms with Crippen LogP contribution in [0.1, 0.15) is 28.9 Å². The topological polar surface area (TPSA) is 50.8 Å². The van der Waals surface area contributed by atoms with E-state index in [1.807, 2.05) is 18.2 Å². The second kappa shape index (κ2) is 9.28. The highest BCUT2D eigenvalue weighted by Crippen LogP contribution is 2.25. The third kappa shape index (κ3) is 4.32. The zero-order valence-corrected chi connectivity index (χ0v) is 17.5. The summed E-state index contributed by atoms with van der Waals surface area (Å²) in [5, 5.41) is 6.23. The molecule has 0 aromatic heterocycles. The molecule has 5 heteroatoms. The van der Waals surface area contributed by atoms with Gasteiger partial charge in [-0.15, -0.1) is 0 Å². The van der Waals surface area contributed by atoms with Crippen molar-refractivity contribution >= 4 is 22.4 Å². The van der Waals surface area contributed by atoms with Gasteiger partial charge in [-0.1, -0.05) is 48.5 Å². The Balaban J connectivity index is 1.49. The molecule has 156 valence electrons. The lowest BCUT2D eigenvalue weighted by molar-refractivity contribution is 0.0600. The van der Waals surface area contributed by atoms with Crippen LogP contribution in [0.4, 0.5) is 5.69 Å². The number of nitrogens with zero attached hydrogens (tertiary/aromatic N) is 1. The maximum absolute atomic E-state index is 11.9. The van der Waals surface area contributed by atoms with Gasteiger partial charge >= 0.3 is 5.97 Å². The Morgan fingerprint density at radius 1 is 1.17 bits per heavy atom. The van der Waals surface area contributed by atoms with Crippen molar-refractivity contribution in [3.8, 4) is 0 Å². The van der Waals surface area contributed by atoms with Crippen molar-refractivity contribution in [2.45, 2.75) is 19.0 Å². The first kappa shape index (κ1) is 20.4. The third-order valence-corrected chi connectivity index (χ3v) is 5.78. The van der Waals surface area contributed by atoms with E-state index in [9.17, 15) is 4.79 Å². The molecule has 4 rings (SSSR count). The summed E-state index contributed by atoms with van der Waals surface area (Å²) in [5.74, 6) is -0.315. The van der Waals surface area contributed by atoms with Gasteiger partial charge in [-0.05, 0) is 41.5 Å². The summed E-state index contributed by atoms with van der Waals surface area (Å²) in [6.07, 6.45) is 0. The number of fused-ring (bicyclic) bond motifs is 1. The van der Waals surface area contributed by atoms with E-state index >= 15 is 0 Å². The molecule has 1 aliphatic rings. The maximum atomic E-state index is 11.9. The molecule has 2 atom stereocenters. The minimum atomic E-state index is -0.315. The molecule has 0 amide bonds. The van der Waals surface area contributed by atoms with Gasteiger partial charge in [0.25, 0.3) is 0 Å². The summed E-state index contributed by atoms with van der Waals surface area (Å²) in [6, 6.07) is 23.0. The Kier molecular flexibility index (Phi) is 6.31. The van der Waals surface area contributed by atoms with Crippen molar-refractivity contribution in [1.82, 2.24) is 5.32 Å². The summed E-state index contributed by atoms with van der Waals surface area (Å²) in [5.41, 5.74) is 2.88. The van der Waals surface area contributed by atoms with Crippen LogP contribution in [0.5, 0.6) is 0 Å². The Morgan fingerprint density at radius 2 is 1.97 bits per heavy atom. The lowest BCUT2D eigenvalue weighted by Crippen LogP contribution is -2.51. The van der Waals surface area contributed by atoms with Crippen molar-refractivity contribution in [3.05, 3.63) is 77.9 Å². The number of hydrogen-bond acceptors (Lipinski definition) is 5. The lowest BCUT2D eigenvalue weighted by Gasteiger charge is -2.38. The molecule has 3 aromatic rings. The average Bonchev–Trinajstić information content (AvgIpc) is 2.82. The molecule has 0 aliphatic carbocycles. The number of methoxy groups -OCH3 is 1. The predicted octanol–water partition coefficient (Wildman–Crippen LogP) is 4.18. The number of ether oxygens (including phenoxy) is 2. The number of esters is 1. The quantitative estimate of drug-likeness (QED) is 0.625. The number of nitrogens with one attached hydrogen (secondary N) is 1. The van der Waals surface area contributed by atoms with Crippen molar-refractivity contribution in [1.29, 1.82) is 0 Å². The van der Waals surface area contributed by atoms with E-state index in [0.29, 0.717) is 18.8 Å². The lowest BCUT2D eigenvalue weighted by atomic mass is 9.99. The summed E-state index contributed by atoms with van der Waals surface area (Å²) < 4.78 is 10.6. The first-order valence-electron chi connectivity index (χ1n) is 10.4. The largest absolute Gasteiger partial charge is 0.465 e. The highest BCUT2D eigenvalue weighted by atomic mass is 16.5. The molecule has 1 unspecified atom stereocenters. The molecule has 0 bridgehead atoms. The molecule has 1 saturated heterocycles. The standard InChI is InChI=1S/C25H28N2O3/c1-18(23-12-6-8-19-7-3-4-11-24(19)23)26-16-22-17-30-14-13-27(22)21-10-5-9-20(15-21)25(28)29-2/h3-12,15,18,22,26H,13-14,16-17H2,1-2H3/t18-,22?/m1/s1. The van der Waals surface area contributed by atoms with Crippen LogP contribution in [0.25, 0.3) is 10.8 Å². The number of carbonyl (C=O) groups is 1. The molecule has 5 nitrogen and oxygen atoms in total. The Labute approximate surface area is 177 Å². The normalized spacial score (nSPS) is 17.7. The summed E-state index contributed by atoms with van der Waals surface area (Å²) in [4.78, 5) is 14.2. The van der Waals surface area contributed by atoms with E-state index in [4.69, 9.17) is 9.47 Å². The van der Waals surface area contributed by atoms with E-state index in [0.717, 1.165) is 18.8 Å². The molecule has 1 heterocycles. The van der Waals surface area contributed by atoms with Gasteiger partial charge in [0.05, 0.1) is 31.9 Å². The molecular formula is C25H28N2O3. The van der Waals surface area contributed by atoms with E-state index in [1.165, 1.54) is 23.4 Å². The van der Waals surface area contributed by atoms with Crippen LogP contribution >= 0.6 is 0 Å². The summed E-state index contributed by atoms with van der Waals surface area (Å²) in [6.45, 7) is 5.11. The van der Waals surface area contributed by atoms with Crippen LogP contribution in [-0.2, 0) is 9.47 Å². The number of carbonyl (C=O) groups excluding carboxylic acids is 1. The fraction of sp³-hybridized carbons (Fsp3) is 0.320.